The van der Waals surface area contributed by atoms with E-state index in [1.165, 1.54) is 11.5 Å². The van der Waals surface area contributed by atoms with E-state index in [2.05, 4.69) is 29.5 Å². The van der Waals surface area contributed by atoms with E-state index >= 15 is 0 Å². The number of rotatable bonds is 5. The summed E-state index contributed by atoms with van der Waals surface area (Å²) in [6.45, 7) is 4.40. The highest BCUT2D eigenvalue weighted by molar-refractivity contribution is 7.99. The molecule has 3 nitrogen and oxygen atoms in total. The third-order valence-corrected chi connectivity index (χ3v) is 3.88. The van der Waals surface area contributed by atoms with Crippen molar-refractivity contribution in [2.24, 2.45) is 0 Å². The van der Waals surface area contributed by atoms with E-state index in [0.717, 1.165) is 17.5 Å². The molecule has 2 N–H and O–H groups in total. The van der Waals surface area contributed by atoms with Crippen LogP contribution in [0.3, 0.4) is 0 Å². The number of anilines is 1. The lowest BCUT2D eigenvalue weighted by atomic mass is 10.2. The van der Waals surface area contributed by atoms with Gasteiger partial charge in [-0.05, 0) is 37.0 Å². The second kappa shape index (κ2) is 5.45. The molecule has 1 aromatic carbocycles. The second-order valence-corrected chi connectivity index (χ2v) is 5.56. The minimum Gasteiger partial charge on any atom is -0.369 e. The van der Waals surface area contributed by atoms with Gasteiger partial charge >= 0.3 is 0 Å². The van der Waals surface area contributed by atoms with Crippen molar-refractivity contribution in [1.82, 2.24) is 9.55 Å². The number of hydrogen-bond acceptors (Lipinski definition) is 3. The van der Waals surface area contributed by atoms with Gasteiger partial charge in [-0.1, -0.05) is 19.1 Å². The van der Waals surface area contributed by atoms with Gasteiger partial charge < -0.3 is 10.3 Å². The molecule has 0 spiro atoms. The first-order chi connectivity index (χ1) is 8.24. The van der Waals surface area contributed by atoms with Crippen molar-refractivity contribution in [3.8, 4) is 0 Å². The lowest BCUT2D eigenvalue weighted by Gasteiger charge is -2.15. The Kier molecular flexibility index (Phi) is 3.94. The monoisotopic (exact) mass is 249 g/mol. The van der Waals surface area contributed by atoms with E-state index in [9.17, 15) is 0 Å². The summed E-state index contributed by atoms with van der Waals surface area (Å²) in [7, 11) is 0. The van der Waals surface area contributed by atoms with Gasteiger partial charge in [0.1, 0.15) is 0 Å². The molecule has 17 heavy (non-hydrogen) atoms. The number of imidazole rings is 1. The van der Waals surface area contributed by atoms with Crippen LogP contribution in [0.2, 0.25) is 0 Å². The molecule has 0 bridgehead atoms. The van der Waals surface area contributed by atoms with E-state index < -0.39 is 0 Å². The molecule has 2 aromatic rings. The van der Waals surface area contributed by atoms with E-state index in [-0.39, 0.29) is 0 Å². The van der Waals surface area contributed by atoms with Crippen molar-refractivity contribution in [3.05, 3.63) is 24.3 Å². The predicted octanol–water partition coefficient (Wildman–Crippen LogP) is 3.32. The lowest BCUT2D eigenvalue weighted by molar-refractivity contribution is 0.556. The number of hydrogen-bond donors (Lipinski definition) is 1. The summed E-state index contributed by atoms with van der Waals surface area (Å²) in [6, 6.07) is 8.53. The first-order valence-electron chi connectivity index (χ1n) is 6.04. The zero-order chi connectivity index (χ0) is 12.3. The minimum atomic E-state index is 0.404. The third kappa shape index (κ3) is 2.57. The van der Waals surface area contributed by atoms with Crippen molar-refractivity contribution in [2.75, 3.05) is 17.2 Å². The lowest BCUT2D eigenvalue weighted by Crippen LogP contribution is -2.09. The predicted molar refractivity (Wildman–Crippen MR) is 76.5 cm³/mol. The van der Waals surface area contributed by atoms with Gasteiger partial charge in [0.25, 0.3) is 0 Å². The van der Waals surface area contributed by atoms with E-state index in [4.69, 9.17) is 5.73 Å². The number of aromatic nitrogens is 2. The number of fused-ring (bicyclic) bond motifs is 1. The molecule has 1 atom stereocenters. The molecule has 0 fully saturated rings. The molecular weight excluding hydrogens is 230 g/mol. The zero-order valence-electron chi connectivity index (χ0n) is 10.4. The molecule has 0 saturated heterocycles. The maximum Gasteiger partial charge on any atom is 0.201 e. The molecule has 0 aliphatic carbocycles. The summed E-state index contributed by atoms with van der Waals surface area (Å²) in [5.41, 5.74) is 8.13. The average molecular weight is 249 g/mol. The Balaban J connectivity index is 2.24. The fraction of sp³-hybridized carbons (Fsp3) is 0.462. The van der Waals surface area contributed by atoms with Crippen LogP contribution >= 0.6 is 11.8 Å². The van der Waals surface area contributed by atoms with Gasteiger partial charge in [0.05, 0.1) is 11.0 Å². The van der Waals surface area contributed by atoms with Gasteiger partial charge in [-0.3, -0.25) is 0 Å². The SMILES string of the molecule is CCSCCC(C)n1c(N)nc2ccccc21. The van der Waals surface area contributed by atoms with Crippen LogP contribution in [0.25, 0.3) is 11.0 Å². The Morgan fingerprint density at radius 3 is 2.94 bits per heavy atom. The standard InChI is InChI=1S/C13H19N3S/c1-3-17-9-8-10(2)16-12-7-5-4-6-11(12)15-13(16)14/h4-7,10H,3,8-9H2,1-2H3,(H2,14,15). The largest absolute Gasteiger partial charge is 0.369 e. The molecule has 0 amide bonds. The molecule has 4 heteroatoms. The molecular formula is C13H19N3S. The maximum atomic E-state index is 6.00. The smallest absolute Gasteiger partial charge is 0.201 e. The van der Waals surface area contributed by atoms with Crippen molar-refractivity contribution >= 4 is 28.7 Å². The summed E-state index contributed by atoms with van der Waals surface area (Å²) in [6.07, 6.45) is 1.13. The Bertz CT molecular complexity index is 492. The fourth-order valence-electron chi connectivity index (χ4n) is 2.05. The van der Waals surface area contributed by atoms with Gasteiger partial charge in [-0.15, -0.1) is 0 Å². The summed E-state index contributed by atoms with van der Waals surface area (Å²) in [5, 5.41) is 0. The molecule has 2 rings (SSSR count). The van der Waals surface area contributed by atoms with Gasteiger partial charge in [-0.2, -0.15) is 11.8 Å². The first kappa shape index (κ1) is 12.3. The van der Waals surface area contributed by atoms with Crippen molar-refractivity contribution in [1.29, 1.82) is 0 Å². The zero-order valence-corrected chi connectivity index (χ0v) is 11.2. The molecule has 0 aliphatic heterocycles. The molecule has 1 aromatic heterocycles. The van der Waals surface area contributed by atoms with Crippen LogP contribution in [0.4, 0.5) is 5.95 Å². The van der Waals surface area contributed by atoms with Gasteiger partial charge in [0, 0.05) is 6.04 Å². The average Bonchev–Trinajstić information content (AvgIpc) is 2.65. The topological polar surface area (TPSA) is 43.8 Å². The van der Waals surface area contributed by atoms with Gasteiger partial charge in [0.15, 0.2) is 0 Å². The number of para-hydroxylation sites is 2. The summed E-state index contributed by atoms with van der Waals surface area (Å²) < 4.78 is 2.14. The molecule has 1 unspecified atom stereocenters. The minimum absolute atomic E-state index is 0.404. The summed E-state index contributed by atoms with van der Waals surface area (Å²) in [4.78, 5) is 4.40. The van der Waals surface area contributed by atoms with E-state index in [1.54, 1.807) is 0 Å². The van der Waals surface area contributed by atoms with Crippen molar-refractivity contribution in [2.45, 2.75) is 26.3 Å². The number of thioether (sulfide) groups is 1. The summed E-state index contributed by atoms with van der Waals surface area (Å²) in [5.74, 6) is 2.97. The van der Waals surface area contributed by atoms with Crippen LogP contribution in [-0.2, 0) is 0 Å². The number of nitrogen functional groups attached to an aromatic ring is 1. The maximum absolute atomic E-state index is 6.00. The fourth-order valence-corrected chi connectivity index (χ4v) is 2.85. The van der Waals surface area contributed by atoms with Crippen LogP contribution < -0.4 is 5.73 Å². The van der Waals surface area contributed by atoms with Crippen LogP contribution in [0, 0.1) is 0 Å². The Morgan fingerprint density at radius 2 is 2.18 bits per heavy atom. The second-order valence-electron chi connectivity index (χ2n) is 4.16. The van der Waals surface area contributed by atoms with Gasteiger partial charge in [-0.25, -0.2) is 4.98 Å². The quantitative estimate of drug-likeness (QED) is 0.827. The highest BCUT2D eigenvalue weighted by Crippen LogP contribution is 2.25. The number of nitrogens with zero attached hydrogens (tertiary/aromatic N) is 2. The van der Waals surface area contributed by atoms with Crippen LogP contribution in [0.15, 0.2) is 24.3 Å². The highest BCUT2D eigenvalue weighted by Gasteiger charge is 2.12. The Morgan fingerprint density at radius 1 is 1.41 bits per heavy atom. The Hall–Kier alpha value is -1.16. The molecule has 0 radical (unpaired) electrons. The third-order valence-electron chi connectivity index (χ3n) is 2.95. The van der Waals surface area contributed by atoms with Gasteiger partial charge in [0.2, 0.25) is 5.95 Å². The highest BCUT2D eigenvalue weighted by atomic mass is 32.2. The van der Waals surface area contributed by atoms with Crippen molar-refractivity contribution in [3.63, 3.8) is 0 Å². The number of nitrogens with two attached hydrogens (primary N) is 1. The normalized spacial score (nSPS) is 13.1. The summed E-state index contributed by atoms with van der Waals surface area (Å²) >= 11 is 1.97. The molecule has 92 valence electrons. The molecule has 0 saturated carbocycles. The first-order valence-corrected chi connectivity index (χ1v) is 7.19. The van der Waals surface area contributed by atoms with Crippen LogP contribution in [0.5, 0.6) is 0 Å². The molecule has 0 aliphatic rings. The Labute approximate surface area is 106 Å². The van der Waals surface area contributed by atoms with E-state index in [1.807, 2.05) is 30.0 Å². The van der Waals surface area contributed by atoms with E-state index in [0.29, 0.717) is 12.0 Å². The van der Waals surface area contributed by atoms with Crippen LogP contribution in [0.1, 0.15) is 26.3 Å². The number of benzene rings is 1. The van der Waals surface area contributed by atoms with Crippen molar-refractivity contribution < 1.29 is 0 Å². The van der Waals surface area contributed by atoms with Crippen LogP contribution in [-0.4, -0.2) is 21.1 Å². The molecule has 1 heterocycles.